The van der Waals surface area contributed by atoms with E-state index in [2.05, 4.69) is 61.7 Å². The fraction of sp³-hybridized carbons (Fsp3) is 0.350. The molecule has 1 saturated heterocycles. The van der Waals surface area contributed by atoms with Gasteiger partial charge in [0.2, 0.25) is 5.91 Å². The summed E-state index contributed by atoms with van der Waals surface area (Å²) in [4.78, 5) is 26.2. The number of anilines is 1. The second kappa shape index (κ2) is 7.62. The normalized spacial score (nSPS) is 15.3. The molecule has 6 nitrogen and oxygen atoms in total. The fourth-order valence-corrected chi connectivity index (χ4v) is 4.36. The second-order valence-corrected chi connectivity index (χ2v) is 7.69. The molecule has 0 bridgehead atoms. The molecular formula is C20H23N5OS. The number of amides is 1. The maximum Gasteiger partial charge on any atom is 0.233 e. The van der Waals surface area contributed by atoms with Crippen LogP contribution in [0.3, 0.4) is 0 Å². The maximum absolute atomic E-state index is 11.6. The van der Waals surface area contributed by atoms with Crippen molar-refractivity contribution >= 4 is 33.3 Å². The number of likely N-dealkylation sites (N-methyl/N-ethyl adjacent to an activating group) is 1. The molecule has 1 aromatic carbocycles. The highest BCUT2D eigenvalue weighted by Crippen LogP contribution is 2.38. The van der Waals surface area contributed by atoms with Crippen LogP contribution >= 0.6 is 11.3 Å². The lowest BCUT2D eigenvalue weighted by atomic mass is 10.0. The van der Waals surface area contributed by atoms with Gasteiger partial charge >= 0.3 is 0 Å². The number of hydrogen-bond donors (Lipinski definition) is 1. The topological polar surface area (TPSA) is 61.4 Å². The van der Waals surface area contributed by atoms with Gasteiger partial charge in [-0.2, -0.15) is 0 Å². The Labute approximate surface area is 162 Å². The number of nitrogens with zero attached hydrogens (tertiary/aromatic N) is 4. The molecule has 0 aliphatic carbocycles. The maximum atomic E-state index is 11.6. The second-order valence-electron chi connectivity index (χ2n) is 6.83. The third kappa shape index (κ3) is 3.65. The summed E-state index contributed by atoms with van der Waals surface area (Å²) in [5.74, 6) is 1.06. The van der Waals surface area contributed by atoms with E-state index in [1.807, 2.05) is 0 Å². The van der Waals surface area contributed by atoms with Crippen molar-refractivity contribution in [3.63, 3.8) is 0 Å². The molecule has 2 aromatic heterocycles. The summed E-state index contributed by atoms with van der Waals surface area (Å²) in [5.41, 5.74) is 3.64. The quantitative estimate of drug-likeness (QED) is 0.753. The Balaban J connectivity index is 1.62. The van der Waals surface area contributed by atoms with Crippen molar-refractivity contribution in [1.29, 1.82) is 0 Å². The SMILES string of the molecule is CNC(=O)CN1CCN(c2ncnc3scc(-c4ccc(C)cc4)c23)CC1. The molecule has 7 heteroatoms. The molecule has 1 N–H and O–H groups in total. The van der Waals surface area contributed by atoms with Gasteiger partial charge in [0.05, 0.1) is 11.9 Å². The molecule has 3 heterocycles. The lowest BCUT2D eigenvalue weighted by molar-refractivity contribution is -0.121. The van der Waals surface area contributed by atoms with E-state index in [4.69, 9.17) is 0 Å². The van der Waals surface area contributed by atoms with E-state index in [-0.39, 0.29) is 5.91 Å². The smallest absolute Gasteiger partial charge is 0.233 e. The van der Waals surface area contributed by atoms with E-state index in [1.165, 1.54) is 16.7 Å². The first-order valence-electron chi connectivity index (χ1n) is 9.13. The molecule has 0 saturated carbocycles. The molecule has 1 amide bonds. The minimum Gasteiger partial charge on any atom is -0.358 e. The van der Waals surface area contributed by atoms with Crippen LogP contribution < -0.4 is 10.2 Å². The van der Waals surface area contributed by atoms with Gasteiger partial charge < -0.3 is 10.2 Å². The van der Waals surface area contributed by atoms with Crippen molar-refractivity contribution in [3.8, 4) is 11.1 Å². The lowest BCUT2D eigenvalue weighted by Crippen LogP contribution is -2.49. The van der Waals surface area contributed by atoms with Gasteiger partial charge in [-0.05, 0) is 12.5 Å². The third-order valence-corrected chi connectivity index (χ3v) is 5.92. The molecule has 1 fully saturated rings. The number of piperazine rings is 1. The van der Waals surface area contributed by atoms with Gasteiger partial charge in [-0.15, -0.1) is 11.3 Å². The number of aryl methyl sites for hydroxylation is 1. The Hall–Kier alpha value is -2.51. The fourth-order valence-electron chi connectivity index (χ4n) is 3.44. The van der Waals surface area contributed by atoms with Crippen molar-refractivity contribution < 1.29 is 4.79 Å². The number of fused-ring (bicyclic) bond motifs is 1. The zero-order chi connectivity index (χ0) is 18.8. The Kier molecular flexibility index (Phi) is 5.05. The summed E-state index contributed by atoms with van der Waals surface area (Å²) < 4.78 is 0. The van der Waals surface area contributed by atoms with Crippen molar-refractivity contribution in [2.45, 2.75) is 6.92 Å². The monoisotopic (exact) mass is 381 g/mol. The van der Waals surface area contributed by atoms with E-state index in [0.29, 0.717) is 6.54 Å². The molecule has 1 aliphatic heterocycles. The van der Waals surface area contributed by atoms with E-state index in [0.717, 1.165) is 42.2 Å². The minimum atomic E-state index is 0.0624. The molecule has 27 heavy (non-hydrogen) atoms. The first-order valence-corrected chi connectivity index (χ1v) is 10.0. The largest absolute Gasteiger partial charge is 0.358 e. The number of hydrogen-bond acceptors (Lipinski definition) is 6. The van der Waals surface area contributed by atoms with E-state index in [1.54, 1.807) is 24.7 Å². The number of aromatic nitrogens is 2. The number of nitrogens with one attached hydrogen (secondary N) is 1. The van der Waals surface area contributed by atoms with Gasteiger partial charge in [0.25, 0.3) is 0 Å². The van der Waals surface area contributed by atoms with Gasteiger partial charge in [0.15, 0.2) is 0 Å². The summed E-state index contributed by atoms with van der Waals surface area (Å²) in [6, 6.07) is 8.60. The van der Waals surface area contributed by atoms with Crippen LogP contribution in [-0.2, 0) is 4.79 Å². The van der Waals surface area contributed by atoms with Crippen LogP contribution in [0, 0.1) is 6.92 Å². The van der Waals surface area contributed by atoms with Crippen LogP contribution in [-0.4, -0.2) is 60.5 Å². The van der Waals surface area contributed by atoms with Crippen molar-refractivity contribution in [3.05, 3.63) is 41.5 Å². The van der Waals surface area contributed by atoms with Crippen LogP contribution in [0.15, 0.2) is 36.0 Å². The molecule has 0 spiro atoms. The average Bonchev–Trinajstić information content (AvgIpc) is 3.13. The predicted octanol–water partition coefficient (Wildman–Crippen LogP) is 2.53. The molecule has 140 valence electrons. The summed E-state index contributed by atoms with van der Waals surface area (Å²) in [6.45, 7) is 5.96. The molecular weight excluding hydrogens is 358 g/mol. The van der Waals surface area contributed by atoms with Crippen molar-refractivity contribution in [2.75, 3.05) is 44.7 Å². The molecule has 0 radical (unpaired) electrons. The highest BCUT2D eigenvalue weighted by atomic mass is 32.1. The molecule has 1 aliphatic rings. The Morgan fingerprint density at radius 1 is 1.15 bits per heavy atom. The molecule has 0 unspecified atom stereocenters. The van der Waals surface area contributed by atoms with Gasteiger partial charge in [-0.25, -0.2) is 9.97 Å². The summed E-state index contributed by atoms with van der Waals surface area (Å²) in [6.07, 6.45) is 1.66. The first-order chi connectivity index (χ1) is 13.2. The number of rotatable bonds is 4. The summed E-state index contributed by atoms with van der Waals surface area (Å²) >= 11 is 1.66. The van der Waals surface area contributed by atoms with Crippen LogP contribution in [0.4, 0.5) is 5.82 Å². The number of thiophene rings is 1. The van der Waals surface area contributed by atoms with Gasteiger partial charge in [0.1, 0.15) is 17.0 Å². The highest BCUT2D eigenvalue weighted by molar-refractivity contribution is 7.17. The third-order valence-electron chi connectivity index (χ3n) is 5.03. The van der Waals surface area contributed by atoms with E-state index >= 15 is 0 Å². The molecule has 3 aromatic rings. The average molecular weight is 382 g/mol. The summed E-state index contributed by atoms with van der Waals surface area (Å²) in [5, 5.41) is 6.00. The number of benzene rings is 1. The van der Waals surface area contributed by atoms with E-state index in [9.17, 15) is 4.79 Å². The van der Waals surface area contributed by atoms with Crippen molar-refractivity contribution in [2.24, 2.45) is 0 Å². The van der Waals surface area contributed by atoms with Crippen LogP contribution in [0.1, 0.15) is 5.56 Å². The lowest BCUT2D eigenvalue weighted by Gasteiger charge is -2.35. The Bertz CT molecular complexity index is 945. The number of carbonyl (C=O) groups is 1. The minimum absolute atomic E-state index is 0.0624. The Morgan fingerprint density at radius 3 is 2.59 bits per heavy atom. The van der Waals surface area contributed by atoms with Crippen molar-refractivity contribution in [1.82, 2.24) is 20.2 Å². The van der Waals surface area contributed by atoms with Gasteiger partial charge in [0, 0.05) is 44.2 Å². The van der Waals surface area contributed by atoms with E-state index < -0.39 is 0 Å². The first kappa shape index (κ1) is 17.9. The number of carbonyl (C=O) groups excluding carboxylic acids is 1. The zero-order valence-corrected chi connectivity index (χ0v) is 16.4. The predicted molar refractivity (Wildman–Crippen MR) is 110 cm³/mol. The van der Waals surface area contributed by atoms with Gasteiger partial charge in [-0.3, -0.25) is 9.69 Å². The molecule has 0 atom stereocenters. The zero-order valence-electron chi connectivity index (χ0n) is 15.6. The summed E-state index contributed by atoms with van der Waals surface area (Å²) in [7, 11) is 1.68. The standard InChI is InChI=1S/C20H23N5OS/c1-14-3-5-15(6-4-14)16-12-27-20-18(16)19(22-13-23-20)25-9-7-24(8-10-25)11-17(26)21-2/h3-6,12-13H,7-11H2,1-2H3,(H,21,26). The molecule has 4 rings (SSSR count). The van der Waals surface area contributed by atoms with Gasteiger partial charge in [-0.1, -0.05) is 29.8 Å². The van der Waals surface area contributed by atoms with Crippen LogP contribution in [0.5, 0.6) is 0 Å². The van der Waals surface area contributed by atoms with Crippen LogP contribution in [0.2, 0.25) is 0 Å². The highest BCUT2D eigenvalue weighted by Gasteiger charge is 2.23. The van der Waals surface area contributed by atoms with Crippen LogP contribution in [0.25, 0.3) is 21.3 Å². The Morgan fingerprint density at radius 2 is 1.89 bits per heavy atom.